The molecule has 0 saturated heterocycles. The van der Waals surface area contributed by atoms with E-state index in [1.807, 2.05) is 26.1 Å². The normalized spacial score (nSPS) is 23.2. The van der Waals surface area contributed by atoms with Crippen LogP contribution in [0.2, 0.25) is 0 Å². The number of rotatable bonds is 7. The van der Waals surface area contributed by atoms with Gasteiger partial charge in [0.1, 0.15) is 5.60 Å². The standard InChI is InChI=1S/C18H27N3O.H3O4P/c1-5-6-12-16(15-10-8-7-9-11-15)21-17-19-13-18(3,22-4)14(2)20-17;1-5(2,3)4/h7-11,13,16-17,21H,5-6,12H2,1-4H3;(H3,1,2,3,4). The summed E-state index contributed by atoms with van der Waals surface area (Å²) in [6.45, 7) is 6.19. The molecule has 0 bridgehead atoms. The zero-order chi connectivity index (χ0) is 20.5. The minimum atomic E-state index is -4.64. The van der Waals surface area contributed by atoms with Crippen molar-refractivity contribution in [1.29, 1.82) is 0 Å². The summed E-state index contributed by atoms with van der Waals surface area (Å²) in [6, 6.07) is 10.8. The Morgan fingerprint density at radius 1 is 1.30 bits per heavy atom. The zero-order valence-corrected chi connectivity index (χ0v) is 17.1. The van der Waals surface area contributed by atoms with Crippen LogP contribution in [0.1, 0.15) is 51.6 Å². The van der Waals surface area contributed by atoms with E-state index in [1.165, 1.54) is 18.4 Å². The number of hydrogen-bond donors (Lipinski definition) is 4. The highest BCUT2D eigenvalue weighted by atomic mass is 31.2. The lowest BCUT2D eigenvalue weighted by atomic mass is 10.00. The molecular weight excluding hydrogens is 369 g/mol. The quantitative estimate of drug-likeness (QED) is 0.523. The molecule has 1 aliphatic rings. The van der Waals surface area contributed by atoms with Crippen LogP contribution >= 0.6 is 7.82 Å². The molecule has 0 radical (unpaired) electrons. The average Bonchev–Trinajstić information content (AvgIpc) is 2.61. The first kappa shape index (κ1) is 23.6. The van der Waals surface area contributed by atoms with E-state index in [0.717, 1.165) is 12.1 Å². The molecule has 1 aromatic rings. The monoisotopic (exact) mass is 399 g/mol. The molecule has 0 fully saturated rings. The number of nitrogens with one attached hydrogen (secondary N) is 1. The third kappa shape index (κ3) is 8.88. The van der Waals surface area contributed by atoms with E-state index in [0.29, 0.717) is 0 Å². The van der Waals surface area contributed by atoms with Gasteiger partial charge in [-0.1, -0.05) is 50.1 Å². The van der Waals surface area contributed by atoms with Gasteiger partial charge in [-0.15, -0.1) is 0 Å². The highest BCUT2D eigenvalue weighted by molar-refractivity contribution is 7.45. The molecule has 1 aromatic carbocycles. The molecule has 0 spiro atoms. The maximum atomic E-state index is 8.88. The van der Waals surface area contributed by atoms with E-state index in [2.05, 4.69) is 46.5 Å². The van der Waals surface area contributed by atoms with Crippen molar-refractivity contribution in [3.05, 3.63) is 35.9 Å². The first-order chi connectivity index (χ1) is 12.6. The van der Waals surface area contributed by atoms with Crippen molar-refractivity contribution in [2.24, 2.45) is 9.98 Å². The molecule has 4 N–H and O–H groups in total. The summed E-state index contributed by atoms with van der Waals surface area (Å²) in [5.41, 5.74) is 1.76. The van der Waals surface area contributed by atoms with Crippen LogP contribution in [0.25, 0.3) is 0 Å². The van der Waals surface area contributed by atoms with Crippen LogP contribution in [-0.2, 0) is 9.30 Å². The molecule has 0 saturated carbocycles. The first-order valence-corrected chi connectivity index (χ1v) is 10.4. The highest BCUT2D eigenvalue weighted by Gasteiger charge is 2.30. The Hall–Kier alpha value is -1.41. The van der Waals surface area contributed by atoms with E-state index < -0.39 is 13.4 Å². The van der Waals surface area contributed by atoms with Crippen LogP contribution in [-0.4, -0.2) is 45.6 Å². The van der Waals surface area contributed by atoms with Crippen molar-refractivity contribution in [2.45, 2.75) is 58.0 Å². The van der Waals surface area contributed by atoms with Crippen molar-refractivity contribution in [3.8, 4) is 0 Å². The van der Waals surface area contributed by atoms with Gasteiger partial charge < -0.3 is 19.4 Å². The summed E-state index contributed by atoms with van der Waals surface area (Å²) in [7, 11) is -2.95. The average molecular weight is 399 g/mol. The van der Waals surface area contributed by atoms with E-state index in [1.54, 1.807) is 7.11 Å². The number of unbranched alkanes of at least 4 members (excludes halogenated alkanes) is 1. The minimum Gasteiger partial charge on any atom is -0.367 e. The van der Waals surface area contributed by atoms with E-state index >= 15 is 0 Å². The molecular formula is C18H30N3O5P. The van der Waals surface area contributed by atoms with Crippen molar-refractivity contribution in [3.63, 3.8) is 0 Å². The van der Waals surface area contributed by atoms with Crippen LogP contribution in [0, 0.1) is 0 Å². The molecule has 1 heterocycles. The van der Waals surface area contributed by atoms with Crippen LogP contribution in [0.15, 0.2) is 40.3 Å². The summed E-state index contributed by atoms with van der Waals surface area (Å²) in [6.07, 6.45) is 5.08. The fourth-order valence-electron chi connectivity index (χ4n) is 2.55. The van der Waals surface area contributed by atoms with Crippen molar-refractivity contribution < 1.29 is 24.0 Å². The molecule has 2 rings (SSSR count). The maximum absolute atomic E-state index is 8.88. The number of ether oxygens (including phenoxy) is 1. The van der Waals surface area contributed by atoms with Crippen molar-refractivity contribution in [2.75, 3.05) is 7.11 Å². The molecule has 0 aliphatic carbocycles. The van der Waals surface area contributed by atoms with Gasteiger partial charge in [0.15, 0.2) is 6.29 Å². The van der Waals surface area contributed by atoms with Crippen molar-refractivity contribution >= 4 is 19.7 Å². The second kappa shape index (κ2) is 10.8. The number of aliphatic imine (C=N–C) groups is 2. The number of methoxy groups -OCH3 is 1. The third-order valence-corrected chi connectivity index (χ3v) is 4.32. The smallest absolute Gasteiger partial charge is 0.367 e. The van der Waals surface area contributed by atoms with Gasteiger partial charge in [-0.2, -0.15) is 0 Å². The number of nitrogens with zero attached hydrogens (tertiary/aromatic N) is 2. The fourth-order valence-corrected chi connectivity index (χ4v) is 2.55. The molecule has 27 heavy (non-hydrogen) atoms. The SMILES string of the molecule is CCCCC(NC1N=CC(C)(OC)C(C)=N1)c1ccccc1.O=P(O)(O)O. The summed E-state index contributed by atoms with van der Waals surface area (Å²) in [4.78, 5) is 30.8. The summed E-state index contributed by atoms with van der Waals surface area (Å²) >= 11 is 0. The maximum Gasteiger partial charge on any atom is 0.466 e. The Balaban J connectivity index is 0.000000646. The van der Waals surface area contributed by atoms with Gasteiger partial charge in [-0.25, -0.2) is 9.56 Å². The van der Waals surface area contributed by atoms with E-state index in [9.17, 15) is 0 Å². The lowest BCUT2D eigenvalue weighted by Gasteiger charge is -2.30. The number of phosphoric acid groups is 1. The van der Waals surface area contributed by atoms with Crippen molar-refractivity contribution in [1.82, 2.24) is 5.32 Å². The van der Waals surface area contributed by atoms with Crippen LogP contribution < -0.4 is 5.32 Å². The molecule has 1 aliphatic heterocycles. The lowest BCUT2D eigenvalue weighted by Crippen LogP contribution is -2.44. The topological polar surface area (TPSA) is 124 Å². The highest BCUT2D eigenvalue weighted by Crippen LogP contribution is 2.26. The van der Waals surface area contributed by atoms with Gasteiger partial charge in [0.25, 0.3) is 0 Å². The van der Waals surface area contributed by atoms with Gasteiger partial charge in [-0.3, -0.25) is 10.3 Å². The van der Waals surface area contributed by atoms with Crippen LogP contribution in [0.4, 0.5) is 0 Å². The molecule has 8 nitrogen and oxygen atoms in total. The number of benzene rings is 1. The van der Waals surface area contributed by atoms with Crippen LogP contribution in [0.3, 0.4) is 0 Å². The van der Waals surface area contributed by atoms with E-state index in [-0.39, 0.29) is 12.3 Å². The predicted molar refractivity (Wildman–Crippen MR) is 107 cm³/mol. The second-order valence-corrected chi connectivity index (χ2v) is 7.49. The molecule has 0 amide bonds. The van der Waals surface area contributed by atoms with Gasteiger partial charge in [0.2, 0.25) is 0 Å². The summed E-state index contributed by atoms with van der Waals surface area (Å²) in [5.74, 6) is 0. The Morgan fingerprint density at radius 3 is 2.37 bits per heavy atom. The minimum absolute atomic E-state index is 0.231. The second-order valence-electron chi connectivity index (χ2n) is 6.46. The molecule has 3 atom stereocenters. The van der Waals surface area contributed by atoms with Crippen LogP contribution in [0.5, 0.6) is 0 Å². The van der Waals surface area contributed by atoms with Gasteiger partial charge in [-0.05, 0) is 25.8 Å². The first-order valence-electron chi connectivity index (χ1n) is 8.82. The summed E-state index contributed by atoms with van der Waals surface area (Å²) in [5, 5.41) is 3.56. The largest absolute Gasteiger partial charge is 0.466 e. The Labute approximate surface area is 160 Å². The van der Waals surface area contributed by atoms with Gasteiger partial charge in [0, 0.05) is 19.4 Å². The zero-order valence-electron chi connectivity index (χ0n) is 16.2. The predicted octanol–water partition coefficient (Wildman–Crippen LogP) is 2.81. The Morgan fingerprint density at radius 2 is 1.89 bits per heavy atom. The number of hydrogen-bond acceptors (Lipinski definition) is 5. The lowest BCUT2D eigenvalue weighted by molar-refractivity contribution is 0.124. The van der Waals surface area contributed by atoms with Gasteiger partial charge >= 0.3 is 7.82 Å². The van der Waals surface area contributed by atoms with Gasteiger partial charge in [0.05, 0.1) is 5.71 Å². The Bertz CT molecular complexity index is 669. The summed E-state index contributed by atoms with van der Waals surface area (Å²) < 4.78 is 14.4. The molecule has 152 valence electrons. The third-order valence-electron chi connectivity index (χ3n) is 4.32. The molecule has 0 aromatic heterocycles. The fraction of sp³-hybridized carbons (Fsp3) is 0.556. The van der Waals surface area contributed by atoms with E-state index in [4.69, 9.17) is 24.0 Å². The Kier molecular flexibility index (Phi) is 9.45. The molecule has 3 unspecified atom stereocenters. The molecule has 9 heteroatoms.